The Kier molecular flexibility index (Phi) is 5.56. The van der Waals surface area contributed by atoms with Crippen LogP contribution in [0.4, 0.5) is 0 Å². The number of hydrogen-bond donors (Lipinski definition) is 1. The van der Waals surface area contributed by atoms with Crippen LogP contribution in [-0.4, -0.2) is 31.8 Å². The third kappa shape index (κ3) is 4.48. The van der Waals surface area contributed by atoms with Crippen molar-refractivity contribution < 1.29 is 14.3 Å². The fourth-order valence-electron chi connectivity index (χ4n) is 1.19. The van der Waals surface area contributed by atoms with Gasteiger partial charge in [0.2, 0.25) is 0 Å². The number of carbonyl (C=O) groups is 2. The highest BCUT2D eigenvalue weighted by Gasteiger charge is 2.08. The summed E-state index contributed by atoms with van der Waals surface area (Å²) >= 11 is 1.72. The first-order chi connectivity index (χ1) is 8.17. The molecule has 0 unspecified atom stereocenters. The SMILES string of the molecule is CNC(=O)COC(=O)c1ccc(CSC)cc1. The van der Waals surface area contributed by atoms with Crippen molar-refractivity contribution in [2.45, 2.75) is 5.75 Å². The molecule has 17 heavy (non-hydrogen) atoms. The standard InChI is InChI=1S/C12H15NO3S/c1-13-11(14)7-16-12(15)10-5-3-9(4-6-10)8-17-2/h3-6H,7-8H2,1-2H3,(H,13,14). The maximum Gasteiger partial charge on any atom is 0.338 e. The van der Waals surface area contributed by atoms with Crippen molar-refractivity contribution >= 4 is 23.6 Å². The van der Waals surface area contributed by atoms with Crippen molar-refractivity contribution in [3.63, 3.8) is 0 Å². The van der Waals surface area contributed by atoms with Crippen molar-refractivity contribution in [2.24, 2.45) is 0 Å². The second kappa shape index (κ2) is 6.96. The minimum atomic E-state index is -0.482. The summed E-state index contributed by atoms with van der Waals surface area (Å²) in [7, 11) is 1.49. The van der Waals surface area contributed by atoms with Gasteiger partial charge in [-0.05, 0) is 24.0 Å². The predicted octanol–water partition coefficient (Wildman–Crippen LogP) is 1.45. The molecule has 4 nitrogen and oxygen atoms in total. The van der Waals surface area contributed by atoms with Crippen LogP contribution in [0.25, 0.3) is 0 Å². The van der Waals surface area contributed by atoms with Gasteiger partial charge in [-0.2, -0.15) is 11.8 Å². The zero-order chi connectivity index (χ0) is 12.7. The van der Waals surface area contributed by atoms with E-state index in [9.17, 15) is 9.59 Å². The topological polar surface area (TPSA) is 55.4 Å². The van der Waals surface area contributed by atoms with Crippen molar-refractivity contribution in [1.82, 2.24) is 5.32 Å². The van der Waals surface area contributed by atoms with E-state index in [-0.39, 0.29) is 12.5 Å². The minimum Gasteiger partial charge on any atom is -0.452 e. The van der Waals surface area contributed by atoms with E-state index < -0.39 is 5.97 Å². The van der Waals surface area contributed by atoms with Gasteiger partial charge in [-0.15, -0.1) is 0 Å². The average Bonchev–Trinajstić information content (AvgIpc) is 2.36. The summed E-state index contributed by atoms with van der Waals surface area (Å²) in [5, 5.41) is 2.38. The van der Waals surface area contributed by atoms with Gasteiger partial charge in [-0.25, -0.2) is 4.79 Å². The quantitative estimate of drug-likeness (QED) is 0.807. The van der Waals surface area contributed by atoms with E-state index in [1.807, 2.05) is 18.4 Å². The van der Waals surface area contributed by atoms with Crippen molar-refractivity contribution in [1.29, 1.82) is 0 Å². The fraction of sp³-hybridized carbons (Fsp3) is 0.333. The number of amides is 1. The molecule has 0 bridgehead atoms. The second-order valence-electron chi connectivity index (χ2n) is 3.38. The zero-order valence-corrected chi connectivity index (χ0v) is 10.7. The summed E-state index contributed by atoms with van der Waals surface area (Å²) in [6, 6.07) is 7.18. The number of nitrogens with one attached hydrogen (secondary N) is 1. The molecule has 1 aromatic carbocycles. The van der Waals surface area contributed by atoms with Gasteiger partial charge >= 0.3 is 5.97 Å². The third-order valence-electron chi connectivity index (χ3n) is 2.11. The van der Waals surface area contributed by atoms with Crippen molar-refractivity contribution in [3.05, 3.63) is 35.4 Å². The van der Waals surface area contributed by atoms with Crippen LogP contribution >= 0.6 is 11.8 Å². The fourth-order valence-corrected chi connectivity index (χ4v) is 1.72. The van der Waals surface area contributed by atoms with Crippen LogP contribution < -0.4 is 5.32 Å². The van der Waals surface area contributed by atoms with Crippen LogP contribution in [0.15, 0.2) is 24.3 Å². The first kappa shape index (κ1) is 13.6. The number of rotatable bonds is 5. The minimum absolute atomic E-state index is 0.248. The van der Waals surface area contributed by atoms with Gasteiger partial charge < -0.3 is 10.1 Å². The van der Waals surface area contributed by atoms with E-state index in [0.717, 1.165) is 11.3 Å². The lowest BCUT2D eigenvalue weighted by molar-refractivity contribution is -0.123. The van der Waals surface area contributed by atoms with E-state index in [4.69, 9.17) is 4.74 Å². The molecule has 0 spiro atoms. The molecule has 0 heterocycles. The lowest BCUT2D eigenvalue weighted by atomic mass is 10.1. The zero-order valence-electron chi connectivity index (χ0n) is 9.86. The summed E-state index contributed by atoms with van der Waals surface area (Å²) in [5.41, 5.74) is 1.61. The van der Waals surface area contributed by atoms with Crippen LogP contribution in [0.5, 0.6) is 0 Å². The number of esters is 1. The van der Waals surface area contributed by atoms with E-state index in [2.05, 4.69) is 5.32 Å². The van der Waals surface area contributed by atoms with Gasteiger partial charge in [-0.3, -0.25) is 4.79 Å². The monoisotopic (exact) mass is 253 g/mol. The molecule has 5 heteroatoms. The molecule has 0 aliphatic carbocycles. The summed E-state index contributed by atoms with van der Waals surface area (Å²) in [5.74, 6) is 0.106. The van der Waals surface area contributed by atoms with E-state index >= 15 is 0 Å². The molecule has 0 radical (unpaired) electrons. The molecule has 0 fully saturated rings. The molecule has 0 atom stereocenters. The average molecular weight is 253 g/mol. The van der Waals surface area contributed by atoms with Crippen molar-refractivity contribution in [3.8, 4) is 0 Å². The largest absolute Gasteiger partial charge is 0.452 e. The highest BCUT2D eigenvalue weighted by Crippen LogP contribution is 2.11. The Bertz CT molecular complexity index is 389. The molecule has 0 saturated carbocycles. The van der Waals surface area contributed by atoms with Gasteiger partial charge in [0.15, 0.2) is 6.61 Å². The van der Waals surface area contributed by atoms with E-state index in [0.29, 0.717) is 5.56 Å². The molecule has 0 saturated heterocycles. The number of benzene rings is 1. The molecule has 0 aromatic heterocycles. The van der Waals surface area contributed by atoms with Crippen LogP contribution in [-0.2, 0) is 15.3 Å². The molecule has 1 amide bonds. The summed E-state index contributed by atoms with van der Waals surface area (Å²) in [6.45, 7) is -0.248. The summed E-state index contributed by atoms with van der Waals surface area (Å²) in [4.78, 5) is 22.4. The number of likely N-dealkylation sites (N-methyl/N-ethyl adjacent to an activating group) is 1. The van der Waals surface area contributed by atoms with Crippen LogP contribution in [0, 0.1) is 0 Å². The Morgan fingerprint density at radius 1 is 1.29 bits per heavy atom. The van der Waals surface area contributed by atoms with Crippen LogP contribution in [0.2, 0.25) is 0 Å². The van der Waals surface area contributed by atoms with Gasteiger partial charge in [0.05, 0.1) is 5.56 Å². The molecule has 0 aliphatic rings. The maximum absolute atomic E-state index is 11.5. The van der Waals surface area contributed by atoms with Gasteiger partial charge in [0, 0.05) is 12.8 Å². The Balaban J connectivity index is 2.54. The Labute approximate surface area is 105 Å². The van der Waals surface area contributed by atoms with Gasteiger partial charge in [-0.1, -0.05) is 12.1 Å². The van der Waals surface area contributed by atoms with E-state index in [1.54, 1.807) is 23.9 Å². The summed E-state index contributed by atoms with van der Waals surface area (Å²) < 4.78 is 4.82. The van der Waals surface area contributed by atoms with Crippen molar-refractivity contribution in [2.75, 3.05) is 19.9 Å². The Hall–Kier alpha value is -1.49. The number of ether oxygens (including phenoxy) is 1. The number of carbonyl (C=O) groups excluding carboxylic acids is 2. The molecule has 1 aromatic rings. The Morgan fingerprint density at radius 2 is 1.94 bits per heavy atom. The Morgan fingerprint density at radius 3 is 2.47 bits per heavy atom. The van der Waals surface area contributed by atoms with Gasteiger partial charge in [0.25, 0.3) is 5.91 Å². The normalized spacial score (nSPS) is 9.76. The maximum atomic E-state index is 11.5. The van der Waals surface area contributed by atoms with Gasteiger partial charge in [0.1, 0.15) is 0 Å². The highest BCUT2D eigenvalue weighted by atomic mass is 32.2. The molecule has 1 N–H and O–H groups in total. The lowest BCUT2D eigenvalue weighted by Gasteiger charge is -2.04. The predicted molar refractivity (Wildman–Crippen MR) is 68.0 cm³/mol. The third-order valence-corrected chi connectivity index (χ3v) is 2.74. The lowest BCUT2D eigenvalue weighted by Crippen LogP contribution is -2.25. The first-order valence-corrected chi connectivity index (χ1v) is 6.52. The smallest absolute Gasteiger partial charge is 0.338 e. The number of thioether (sulfide) groups is 1. The highest BCUT2D eigenvalue weighted by molar-refractivity contribution is 7.97. The van der Waals surface area contributed by atoms with Crippen LogP contribution in [0.3, 0.4) is 0 Å². The first-order valence-electron chi connectivity index (χ1n) is 5.13. The summed E-state index contributed by atoms with van der Waals surface area (Å²) in [6.07, 6.45) is 2.02. The molecular formula is C12H15NO3S. The number of hydrogen-bond acceptors (Lipinski definition) is 4. The van der Waals surface area contributed by atoms with E-state index in [1.165, 1.54) is 7.05 Å². The molecule has 0 aliphatic heterocycles. The molecule has 92 valence electrons. The molecule has 1 rings (SSSR count). The second-order valence-corrected chi connectivity index (χ2v) is 4.25. The van der Waals surface area contributed by atoms with Crippen LogP contribution in [0.1, 0.15) is 15.9 Å². The molecular weight excluding hydrogens is 238 g/mol.